The molecule has 0 aromatic carbocycles. The molecule has 15 heavy (non-hydrogen) atoms. The first kappa shape index (κ1) is 11.2. The molecule has 1 heterocycles. The van der Waals surface area contributed by atoms with Gasteiger partial charge in [-0.05, 0) is 53.5 Å². The maximum atomic E-state index is 3.68. The average Bonchev–Trinajstić information content (AvgIpc) is 2.80. The number of thiophene rings is 1. The minimum Gasteiger partial charge on any atom is -0.310 e. The Morgan fingerprint density at radius 2 is 2.13 bits per heavy atom. The first-order valence-corrected chi connectivity index (χ1v) is 6.84. The van der Waals surface area contributed by atoms with Crippen LogP contribution in [-0.4, -0.2) is 6.54 Å². The van der Waals surface area contributed by atoms with Crippen LogP contribution < -0.4 is 5.32 Å². The molecule has 84 valence electrons. The third-order valence-electron chi connectivity index (χ3n) is 3.92. The van der Waals surface area contributed by atoms with Gasteiger partial charge in [-0.2, -0.15) is 11.3 Å². The number of rotatable bonds is 5. The third-order valence-corrected chi connectivity index (χ3v) is 4.62. The molecule has 1 aromatic heterocycles. The minimum atomic E-state index is 0.507. The fourth-order valence-electron chi connectivity index (χ4n) is 2.11. The van der Waals surface area contributed by atoms with Crippen LogP contribution in [0.4, 0.5) is 0 Å². The van der Waals surface area contributed by atoms with Gasteiger partial charge < -0.3 is 5.32 Å². The Hall–Kier alpha value is -0.340. The van der Waals surface area contributed by atoms with Crippen LogP contribution in [0, 0.1) is 11.3 Å². The molecule has 1 nitrogen and oxygen atoms in total. The van der Waals surface area contributed by atoms with Crippen LogP contribution in [-0.2, 0) is 0 Å². The van der Waals surface area contributed by atoms with Crippen LogP contribution in [0.2, 0.25) is 0 Å². The molecule has 0 saturated heterocycles. The monoisotopic (exact) mass is 223 g/mol. The Labute approximate surface area is 96.9 Å². The Morgan fingerprint density at radius 3 is 2.60 bits per heavy atom. The lowest BCUT2D eigenvalue weighted by atomic mass is 9.92. The smallest absolute Gasteiger partial charge is 0.0300 e. The van der Waals surface area contributed by atoms with Gasteiger partial charge in [-0.1, -0.05) is 13.8 Å². The fourth-order valence-corrected chi connectivity index (χ4v) is 2.87. The van der Waals surface area contributed by atoms with Crippen LogP contribution in [0.3, 0.4) is 0 Å². The van der Waals surface area contributed by atoms with E-state index >= 15 is 0 Å². The largest absolute Gasteiger partial charge is 0.310 e. The highest BCUT2D eigenvalue weighted by Crippen LogP contribution is 2.51. The van der Waals surface area contributed by atoms with Crippen molar-refractivity contribution in [3.8, 4) is 0 Å². The summed E-state index contributed by atoms with van der Waals surface area (Å²) in [5.74, 6) is 0.819. The van der Waals surface area contributed by atoms with Crippen molar-refractivity contribution in [2.24, 2.45) is 11.3 Å². The van der Waals surface area contributed by atoms with Gasteiger partial charge in [0.25, 0.3) is 0 Å². The third kappa shape index (κ3) is 2.43. The van der Waals surface area contributed by atoms with E-state index in [2.05, 4.69) is 42.9 Å². The van der Waals surface area contributed by atoms with Gasteiger partial charge >= 0.3 is 0 Å². The Bertz CT molecular complexity index is 298. The molecule has 2 heteroatoms. The molecule has 1 saturated carbocycles. The molecule has 0 amide bonds. The highest BCUT2D eigenvalue weighted by molar-refractivity contribution is 7.07. The minimum absolute atomic E-state index is 0.507. The van der Waals surface area contributed by atoms with Gasteiger partial charge in [0, 0.05) is 12.6 Å². The van der Waals surface area contributed by atoms with Crippen LogP contribution in [0.5, 0.6) is 0 Å². The zero-order chi connectivity index (χ0) is 10.9. The van der Waals surface area contributed by atoms with Crippen molar-refractivity contribution < 1.29 is 0 Å². The topological polar surface area (TPSA) is 12.0 Å². The molecule has 0 spiro atoms. The second-order valence-electron chi connectivity index (χ2n) is 5.18. The maximum absolute atomic E-state index is 3.68. The molecular weight excluding hydrogens is 202 g/mol. The van der Waals surface area contributed by atoms with E-state index in [0.717, 1.165) is 5.92 Å². The standard InChI is InChI=1S/C13H21NS/c1-10(2)13(5-6-13)9-14-11(3)12-4-7-15-8-12/h4,7-8,10-11,14H,5-6,9H2,1-3H3. The van der Waals surface area contributed by atoms with Gasteiger partial charge in [0.05, 0.1) is 0 Å². The summed E-state index contributed by atoms with van der Waals surface area (Å²) in [4.78, 5) is 0. The first-order chi connectivity index (χ1) is 7.14. The highest BCUT2D eigenvalue weighted by atomic mass is 32.1. The van der Waals surface area contributed by atoms with E-state index < -0.39 is 0 Å². The lowest BCUT2D eigenvalue weighted by molar-refractivity contribution is 0.325. The van der Waals surface area contributed by atoms with Gasteiger partial charge in [-0.25, -0.2) is 0 Å². The first-order valence-electron chi connectivity index (χ1n) is 5.89. The molecule has 1 aliphatic rings. The molecule has 1 aromatic rings. The molecule has 0 bridgehead atoms. The van der Waals surface area contributed by atoms with Crippen molar-refractivity contribution in [3.05, 3.63) is 22.4 Å². The number of hydrogen-bond donors (Lipinski definition) is 1. The predicted molar refractivity (Wildman–Crippen MR) is 67.2 cm³/mol. The van der Waals surface area contributed by atoms with E-state index in [1.165, 1.54) is 24.9 Å². The molecule has 1 atom stereocenters. The predicted octanol–water partition coefficient (Wildman–Crippen LogP) is 3.83. The van der Waals surface area contributed by atoms with Gasteiger partial charge in [0.15, 0.2) is 0 Å². The van der Waals surface area contributed by atoms with Crippen molar-refractivity contribution in [3.63, 3.8) is 0 Å². The van der Waals surface area contributed by atoms with E-state index in [4.69, 9.17) is 0 Å². The van der Waals surface area contributed by atoms with Gasteiger partial charge in [0.1, 0.15) is 0 Å². The lowest BCUT2D eigenvalue weighted by Crippen LogP contribution is -2.29. The molecule has 1 aliphatic carbocycles. The van der Waals surface area contributed by atoms with E-state index in [9.17, 15) is 0 Å². The number of hydrogen-bond acceptors (Lipinski definition) is 2. The highest BCUT2D eigenvalue weighted by Gasteiger charge is 2.44. The van der Waals surface area contributed by atoms with E-state index in [1.807, 2.05) is 0 Å². The normalized spacial score (nSPS) is 20.5. The Morgan fingerprint density at radius 1 is 1.40 bits per heavy atom. The lowest BCUT2D eigenvalue weighted by Gasteiger charge is -2.22. The summed E-state index contributed by atoms with van der Waals surface area (Å²) in [7, 11) is 0. The summed E-state index contributed by atoms with van der Waals surface area (Å²) < 4.78 is 0. The fraction of sp³-hybridized carbons (Fsp3) is 0.692. The maximum Gasteiger partial charge on any atom is 0.0300 e. The molecule has 1 unspecified atom stereocenters. The summed E-state index contributed by atoms with van der Waals surface area (Å²) in [5.41, 5.74) is 2.05. The molecular formula is C13H21NS. The molecule has 0 radical (unpaired) electrons. The Balaban J connectivity index is 1.84. The van der Waals surface area contributed by atoms with Crippen LogP contribution in [0.15, 0.2) is 16.8 Å². The average molecular weight is 223 g/mol. The summed E-state index contributed by atoms with van der Waals surface area (Å²) in [6.45, 7) is 8.15. The van der Waals surface area contributed by atoms with E-state index in [1.54, 1.807) is 11.3 Å². The SMILES string of the molecule is CC(NCC1(C(C)C)CC1)c1ccsc1. The summed E-state index contributed by atoms with van der Waals surface area (Å²) in [6, 6.07) is 2.73. The van der Waals surface area contributed by atoms with Crippen molar-refractivity contribution in [1.29, 1.82) is 0 Å². The van der Waals surface area contributed by atoms with Gasteiger partial charge in [-0.15, -0.1) is 0 Å². The summed E-state index contributed by atoms with van der Waals surface area (Å²) in [6.07, 6.45) is 2.82. The van der Waals surface area contributed by atoms with Crippen molar-refractivity contribution in [1.82, 2.24) is 5.32 Å². The second-order valence-corrected chi connectivity index (χ2v) is 5.96. The zero-order valence-corrected chi connectivity index (χ0v) is 10.7. The molecule has 2 rings (SSSR count). The number of nitrogens with one attached hydrogen (secondary N) is 1. The quantitative estimate of drug-likeness (QED) is 0.800. The molecule has 1 N–H and O–H groups in total. The summed E-state index contributed by atoms with van der Waals surface area (Å²) >= 11 is 1.78. The van der Waals surface area contributed by atoms with Crippen molar-refractivity contribution >= 4 is 11.3 Å². The van der Waals surface area contributed by atoms with Crippen molar-refractivity contribution in [2.75, 3.05) is 6.54 Å². The zero-order valence-electron chi connectivity index (χ0n) is 9.92. The van der Waals surface area contributed by atoms with Gasteiger partial charge in [0.2, 0.25) is 0 Å². The van der Waals surface area contributed by atoms with Crippen LogP contribution in [0.25, 0.3) is 0 Å². The molecule has 0 aliphatic heterocycles. The van der Waals surface area contributed by atoms with E-state index in [0.29, 0.717) is 11.5 Å². The second kappa shape index (κ2) is 4.26. The van der Waals surface area contributed by atoms with Crippen LogP contribution in [0.1, 0.15) is 45.2 Å². The van der Waals surface area contributed by atoms with Gasteiger partial charge in [-0.3, -0.25) is 0 Å². The van der Waals surface area contributed by atoms with Crippen molar-refractivity contribution in [2.45, 2.75) is 39.7 Å². The molecule has 1 fully saturated rings. The van der Waals surface area contributed by atoms with E-state index in [-0.39, 0.29) is 0 Å². The summed E-state index contributed by atoms with van der Waals surface area (Å²) in [5, 5.41) is 8.07. The Kier molecular flexibility index (Phi) is 3.17. The van der Waals surface area contributed by atoms with Crippen LogP contribution >= 0.6 is 11.3 Å².